The molecule has 0 amide bonds. The highest BCUT2D eigenvalue weighted by Gasteiger charge is 2.73. The Bertz CT molecular complexity index is 782. The van der Waals surface area contributed by atoms with Crippen LogP contribution in [0.25, 0.3) is 0 Å². The monoisotopic (exact) mass is 368 g/mol. The van der Waals surface area contributed by atoms with Gasteiger partial charge in [0.05, 0.1) is 0 Å². The zero-order chi connectivity index (χ0) is 18.8. The summed E-state index contributed by atoms with van der Waals surface area (Å²) in [5.74, 6) is 4.49. The molecule has 3 heteroatoms. The van der Waals surface area contributed by atoms with E-state index in [2.05, 4.69) is 26.8 Å². The first-order valence-corrected chi connectivity index (χ1v) is 11.3. The third kappa shape index (κ3) is 1.81. The van der Waals surface area contributed by atoms with Gasteiger partial charge in [-0.15, -0.1) is 0 Å². The minimum atomic E-state index is -0.205. The number of carbonyl (C=O) groups excluding carboxylic acids is 2. The van der Waals surface area contributed by atoms with Gasteiger partial charge >= 0.3 is 5.97 Å². The number of fused-ring (bicyclic) bond motifs is 9. The van der Waals surface area contributed by atoms with Gasteiger partial charge in [0.25, 0.3) is 0 Å². The van der Waals surface area contributed by atoms with E-state index >= 15 is 0 Å². The molecule has 5 fully saturated rings. The van der Waals surface area contributed by atoms with Crippen LogP contribution >= 0.6 is 0 Å². The molecule has 9 atom stereocenters. The van der Waals surface area contributed by atoms with Crippen molar-refractivity contribution in [1.29, 1.82) is 0 Å². The van der Waals surface area contributed by atoms with Gasteiger partial charge in [0.15, 0.2) is 5.78 Å². The van der Waals surface area contributed by atoms with Gasteiger partial charge in [0, 0.05) is 18.3 Å². The van der Waals surface area contributed by atoms with Gasteiger partial charge in [-0.25, -0.2) is 0 Å². The summed E-state index contributed by atoms with van der Waals surface area (Å²) in [4.78, 5) is 24.3. The summed E-state index contributed by atoms with van der Waals surface area (Å²) < 4.78 is 6.17. The molecule has 0 radical (unpaired) electrons. The quantitative estimate of drug-likeness (QED) is 0.582. The number of hydrogen-bond donors (Lipinski definition) is 0. The molecule has 3 nitrogen and oxygen atoms in total. The number of carbonyl (C=O) groups is 2. The van der Waals surface area contributed by atoms with Crippen LogP contribution < -0.4 is 0 Å². The van der Waals surface area contributed by atoms with Crippen LogP contribution in [0.5, 0.6) is 0 Å². The summed E-state index contributed by atoms with van der Waals surface area (Å²) in [6, 6.07) is 0. The molecule has 0 aromatic heterocycles. The Morgan fingerprint density at radius 1 is 1.04 bits per heavy atom. The minimum absolute atomic E-state index is 0.0294. The van der Waals surface area contributed by atoms with Crippen molar-refractivity contribution >= 4 is 11.8 Å². The van der Waals surface area contributed by atoms with Gasteiger partial charge in [-0.05, 0) is 85.5 Å². The maximum atomic E-state index is 12.1. The highest BCUT2D eigenvalue weighted by molar-refractivity contribution is 5.92. The Morgan fingerprint density at radius 3 is 2.59 bits per heavy atom. The topological polar surface area (TPSA) is 43.4 Å². The molecule has 27 heavy (non-hydrogen) atoms. The first-order chi connectivity index (χ1) is 12.8. The second kappa shape index (κ2) is 4.89. The normalized spacial score (nSPS) is 58.1. The summed E-state index contributed by atoms with van der Waals surface area (Å²) in [5, 5.41) is 0. The molecule has 5 aliphatic carbocycles. The predicted octanol–water partition coefficient (Wildman–Crippen LogP) is 4.70. The van der Waals surface area contributed by atoms with Crippen molar-refractivity contribution in [3.05, 3.63) is 11.6 Å². The van der Waals surface area contributed by atoms with Crippen molar-refractivity contribution in [3.63, 3.8) is 0 Å². The van der Waals surface area contributed by atoms with Crippen LogP contribution in [0, 0.1) is 46.3 Å². The summed E-state index contributed by atoms with van der Waals surface area (Å²) in [6.07, 6.45) is 10.3. The zero-order valence-electron chi connectivity index (χ0n) is 16.9. The number of ether oxygens (including phenoxy) is 1. The molecule has 4 saturated carbocycles. The molecule has 0 bridgehead atoms. The summed E-state index contributed by atoms with van der Waals surface area (Å²) in [5.41, 5.74) is 1.70. The average Bonchev–Trinajstić information content (AvgIpc) is 3.26. The summed E-state index contributed by atoms with van der Waals surface area (Å²) in [6.45, 7) is 7.28. The van der Waals surface area contributed by atoms with E-state index in [4.69, 9.17) is 4.74 Å². The van der Waals surface area contributed by atoms with Crippen LogP contribution in [0.2, 0.25) is 0 Å². The molecule has 1 spiro atoms. The molecule has 1 saturated heterocycles. The van der Waals surface area contributed by atoms with Crippen LogP contribution in [0.3, 0.4) is 0 Å². The Hall–Kier alpha value is -1.12. The molecule has 6 unspecified atom stereocenters. The maximum Gasteiger partial charge on any atom is 0.306 e. The molecule has 0 aromatic rings. The summed E-state index contributed by atoms with van der Waals surface area (Å²) >= 11 is 0. The predicted molar refractivity (Wildman–Crippen MR) is 102 cm³/mol. The summed E-state index contributed by atoms with van der Waals surface area (Å²) in [7, 11) is 0. The first-order valence-electron chi connectivity index (χ1n) is 11.3. The molecule has 6 rings (SSSR count). The number of rotatable bonds is 0. The van der Waals surface area contributed by atoms with E-state index in [0.717, 1.165) is 37.0 Å². The third-order valence-corrected chi connectivity index (χ3v) is 10.5. The van der Waals surface area contributed by atoms with Crippen LogP contribution in [0.15, 0.2) is 11.6 Å². The van der Waals surface area contributed by atoms with Crippen molar-refractivity contribution in [3.8, 4) is 0 Å². The van der Waals surface area contributed by atoms with Gasteiger partial charge < -0.3 is 4.74 Å². The van der Waals surface area contributed by atoms with E-state index in [9.17, 15) is 9.59 Å². The van der Waals surface area contributed by atoms with Crippen LogP contribution in [-0.2, 0) is 14.3 Å². The van der Waals surface area contributed by atoms with Crippen molar-refractivity contribution in [1.82, 2.24) is 0 Å². The van der Waals surface area contributed by atoms with E-state index in [1.807, 2.05) is 0 Å². The Labute approximate surface area is 162 Å². The molecule has 146 valence electrons. The lowest BCUT2D eigenvalue weighted by Crippen LogP contribution is -2.56. The van der Waals surface area contributed by atoms with Gasteiger partial charge in [-0.2, -0.15) is 0 Å². The van der Waals surface area contributed by atoms with Crippen molar-refractivity contribution in [2.75, 3.05) is 0 Å². The maximum absolute atomic E-state index is 12.1. The van der Waals surface area contributed by atoms with E-state index in [1.165, 1.54) is 31.3 Å². The second-order valence-electron chi connectivity index (χ2n) is 11.2. The highest BCUT2D eigenvalue weighted by Crippen LogP contribution is 2.76. The number of ketones is 1. The Kier molecular flexibility index (Phi) is 3.04. The SMILES string of the molecule is CC1CC2C3C4CC4C4=CC(=O)CC[C@]4(C)C3CC[C@]2(C)[C@]12CCC(=O)O2. The molecule has 0 N–H and O–H groups in total. The van der Waals surface area contributed by atoms with Crippen LogP contribution in [-0.4, -0.2) is 17.4 Å². The lowest BCUT2D eigenvalue weighted by molar-refractivity contribution is -0.174. The van der Waals surface area contributed by atoms with E-state index in [0.29, 0.717) is 30.0 Å². The fraction of sp³-hybridized carbons (Fsp3) is 0.833. The smallest absolute Gasteiger partial charge is 0.306 e. The molecule has 1 heterocycles. The van der Waals surface area contributed by atoms with Crippen molar-refractivity contribution < 1.29 is 14.3 Å². The molecular weight excluding hydrogens is 336 g/mol. The average molecular weight is 369 g/mol. The lowest BCUT2D eigenvalue weighted by atomic mass is 9.46. The van der Waals surface area contributed by atoms with Gasteiger partial charge in [0.2, 0.25) is 0 Å². The zero-order valence-corrected chi connectivity index (χ0v) is 16.9. The van der Waals surface area contributed by atoms with Crippen molar-refractivity contribution in [2.24, 2.45) is 46.3 Å². The van der Waals surface area contributed by atoms with Crippen molar-refractivity contribution in [2.45, 2.75) is 77.7 Å². The molecule has 6 aliphatic rings. The second-order valence-corrected chi connectivity index (χ2v) is 11.2. The van der Waals surface area contributed by atoms with Crippen LogP contribution in [0.4, 0.5) is 0 Å². The van der Waals surface area contributed by atoms with Gasteiger partial charge in [-0.3, -0.25) is 9.59 Å². The minimum Gasteiger partial charge on any atom is -0.458 e. The Morgan fingerprint density at radius 2 is 1.85 bits per heavy atom. The fourth-order valence-electron chi connectivity index (χ4n) is 9.16. The highest BCUT2D eigenvalue weighted by atomic mass is 16.6. The standard InChI is InChI=1S/C24H32O3/c1-13-10-19-21-16-12-15(16)18-11-14(25)4-7-22(18,2)17(21)5-8-23(19,3)24(13)9-6-20(26)27-24/h11,13,15-17,19,21H,4-10,12H2,1-3H3/t13?,15?,16?,17?,19?,21?,22-,23+,24+/m1/s1. The molecule has 1 aliphatic heterocycles. The molecular formula is C24H32O3. The molecule has 0 aromatic carbocycles. The largest absolute Gasteiger partial charge is 0.458 e. The Balaban J connectivity index is 1.42. The number of esters is 1. The number of allylic oxidation sites excluding steroid dienone is 1. The van der Waals surface area contributed by atoms with Crippen LogP contribution in [0.1, 0.15) is 72.1 Å². The third-order valence-electron chi connectivity index (χ3n) is 10.5. The van der Waals surface area contributed by atoms with E-state index < -0.39 is 0 Å². The fourth-order valence-corrected chi connectivity index (χ4v) is 9.16. The van der Waals surface area contributed by atoms with E-state index in [1.54, 1.807) is 0 Å². The van der Waals surface area contributed by atoms with Gasteiger partial charge in [-0.1, -0.05) is 26.3 Å². The lowest BCUT2D eigenvalue weighted by Gasteiger charge is -2.59. The number of hydrogen-bond acceptors (Lipinski definition) is 3. The van der Waals surface area contributed by atoms with E-state index in [-0.39, 0.29) is 22.4 Å². The first kappa shape index (κ1) is 16.8. The van der Waals surface area contributed by atoms with Gasteiger partial charge in [0.1, 0.15) is 5.60 Å².